The maximum Gasteiger partial charge on any atom is 0.271 e. The monoisotopic (exact) mass is 232 g/mol. The van der Waals surface area contributed by atoms with Crippen molar-refractivity contribution in [1.29, 1.82) is 0 Å². The highest BCUT2D eigenvalue weighted by Crippen LogP contribution is 2.05. The first kappa shape index (κ1) is 11.1. The summed E-state index contributed by atoms with van der Waals surface area (Å²) in [4.78, 5) is 19.8. The fourth-order valence-electron chi connectivity index (χ4n) is 1.34. The van der Waals surface area contributed by atoms with E-state index in [1.807, 2.05) is 0 Å². The van der Waals surface area contributed by atoms with E-state index in [1.54, 1.807) is 19.2 Å². The number of aryl methyl sites for hydroxylation is 1. The molecule has 0 fully saturated rings. The van der Waals surface area contributed by atoms with Crippen LogP contribution in [0.2, 0.25) is 0 Å². The Hall–Kier alpha value is -2.44. The van der Waals surface area contributed by atoms with E-state index in [9.17, 15) is 4.79 Å². The highest BCUT2D eigenvalue weighted by Gasteiger charge is 2.11. The second kappa shape index (κ2) is 4.60. The number of anilines is 1. The van der Waals surface area contributed by atoms with Crippen molar-refractivity contribution in [2.45, 2.75) is 13.5 Å². The molecule has 0 atom stereocenters. The summed E-state index contributed by atoms with van der Waals surface area (Å²) in [5.41, 5.74) is 6.87. The number of amides is 1. The van der Waals surface area contributed by atoms with Crippen LogP contribution in [0.1, 0.15) is 22.0 Å². The van der Waals surface area contributed by atoms with Gasteiger partial charge in [0, 0.05) is 6.20 Å². The minimum Gasteiger partial charge on any atom is -0.396 e. The number of carbonyl (C=O) groups is 1. The Labute approximate surface area is 97.5 Å². The Balaban J connectivity index is 1.99. The van der Waals surface area contributed by atoms with Gasteiger partial charge in [0.05, 0.1) is 24.1 Å². The molecule has 0 unspecified atom stereocenters. The van der Waals surface area contributed by atoms with E-state index in [2.05, 4.69) is 25.5 Å². The summed E-state index contributed by atoms with van der Waals surface area (Å²) in [6.07, 6.45) is 3.04. The number of rotatable bonds is 3. The van der Waals surface area contributed by atoms with Gasteiger partial charge in [-0.15, -0.1) is 0 Å². The Kier molecular flexibility index (Phi) is 2.99. The summed E-state index contributed by atoms with van der Waals surface area (Å²) < 4.78 is 0. The van der Waals surface area contributed by atoms with Gasteiger partial charge in [0.2, 0.25) is 0 Å². The van der Waals surface area contributed by atoms with Crippen LogP contribution in [-0.4, -0.2) is 26.1 Å². The van der Waals surface area contributed by atoms with Gasteiger partial charge in [-0.2, -0.15) is 5.10 Å². The number of nitrogens with two attached hydrogens (primary N) is 1. The average molecular weight is 232 g/mol. The molecule has 2 aromatic rings. The molecule has 88 valence electrons. The van der Waals surface area contributed by atoms with E-state index >= 15 is 0 Å². The normalized spacial score (nSPS) is 10.2. The Bertz CT molecular complexity index is 535. The van der Waals surface area contributed by atoms with Gasteiger partial charge < -0.3 is 11.1 Å². The highest BCUT2D eigenvalue weighted by atomic mass is 16.1. The molecule has 0 radical (unpaired) electrons. The number of nitrogen functional groups attached to an aromatic ring is 1. The molecule has 2 heterocycles. The predicted octanol–water partition coefficient (Wildman–Crippen LogP) is 0.0203. The highest BCUT2D eigenvalue weighted by molar-refractivity contribution is 5.96. The minimum absolute atomic E-state index is 0.260. The van der Waals surface area contributed by atoms with E-state index in [0.29, 0.717) is 18.1 Å². The molecule has 2 rings (SSSR count). The van der Waals surface area contributed by atoms with Gasteiger partial charge in [-0.1, -0.05) is 0 Å². The van der Waals surface area contributed by atoms with E-state index in [1.165, 1.54) is 6.20 Å². The van der Waals surface area contributed by atoms with Crippen LogP contribution < -0.4 is 11.1 Å². The average Bonchev–Trinajstić information content (AvgIpc) is 2.72. The molecule has 1 amide bonds. The van der Waals surface area contributed by atoms with E-state index < -0.39 is 0 Å². The van der Waals surface area contributed by atoms with Crippen molar-refractivity contribution in [3.8, 4) is 0 Å². The summed E-state index contributed by atoms with van der Waals surface area (Å²) >= 11 is 0. The number of nitrogens with one attached hydrogen (secondary N) is 2. The largest absolute Gasteiger partial charge is 0.396 e. The van der Waals surface area contributed by atoms with Crippen LogP contribution >= 0.6 is 0 Å². The third-order valence-electron chi connectivity index (χ3n) is 2.16. The van der Waals surface area contributed by atoms with Crippen LogP contribution in [0.15, 0.2) is 18.5 Å². The lowest BCUT2D eigenvalue weighted by molar-refractivity contribution is 0.0946. The molecule has 2 aromatic heterocycles. The number of aromatic nitrogens is 4. The maximum atomic E-state index is 11.7. The van der Waals surface area contributed by atoms with Gasteiger partial charge in [0.25, 0.3) is 5.91 Å². The van der Waals surface area contributed by atoms with Crippen LogP contribution in [0.25, 0.3) is 0 Å². The Morgan fingerprint density at radius 2 is 2.41 bits per heavy atom. The molecular formula is C10H12N6O. The van der Waals surface area contributed by atoms with E-state index in [0.717, 1.165) is 5.69 Å². The molecule has 0 aromatic carbocycles. The second-order valence-corrected chi connectivity index (χ2v) is 3.48. The molecule has 0 bridgehead atoms. The molecule has 0 saturated heterocycles. The molecule has 4 N–H and O–H groups in total. The Morgan fingerprint density at radius 1 is 1.59 bits per heavy atom. The van der Waals surface area contributed by atoms with Gasteiger partial charge in [-0.25, -0.2) is 9.97 Å². The van der Waals surface area contributed by atoms with Crippen molar-refractivity contribution in [1.82, 2.24) is 25.5 Å². The molecule has 7 heteroatoms. The van der Waals surface area contributed by atoms with Crippen molar-refractivity contribution in [3.63, 3.8) is 0 Å². The molecule has 0 spiro atoms. The van der Waals surface area contributed by atoms with Crippen LogP contribution in [0.3, 0.4) is 0 Å². The smallest absolute Gasteiger partial charge is 0.271 e. The zero-order chi connectivity index (χ0) is 12.3. The quantitative estimate of drug-likeness (QED) is 0.691. The molecule has 0 saturated carbocycles. The van der Waals surface area contributed by atoms with Crippen LogP contribution in [0.5, 0.6) is 0 Å². The molecule has 7 nitrogen and oxygen atoms in total. The number of hydrogen-bond acceptors (Lipinski definition) is 5. The number of carbonyl (C=O) groups excluding carboxylic acids is 1. The summed E-state index contributed by atoms with van der Waals surface area (Å²) in [6, 6.07) is 1.74. The predicted molar refractivity (Wildman–Crippen MR) is 60.9 cm³/mol. The van der Waals surface area contributed by atoms with Gasteiger partial charge in [0.15, 0.2) is 0 Å². The lowest BCUT2D eigenvalue weighted by atomic mass is 10.3. The number of aromatic amines is 1. The van der Waals surface area contributed by atoms with E-state index in [-0.39, 0.29) is 11.6 Å². The Morgan fingerprint density at radius 3 is 3.06 bits per heavy atom. The standard InChI is InChI=1S/C10H12N6O/c1-6-12-3-2-7(15-6)4-13-10(17)9-8(11)5-14-16-9/h2-3,5H,4,11H2,1H3,(H,13,17)(H,14,16). The third-order valence-corrected chi connectivity index (χ3v) is 2.16. The van der Waals surface area contributed by atoms with Crippen LogP contribution in [-0.2, 0) is 6.54 Å². The second-order valence-electron chi connectivity index (χ2n) is 3.48. The van der Waals surface area contributed by atoms with Crippen LogP contribution in [0.4, 0.5) is 5.69 Å². The first-order valence-corrected chi connectivity index (χ1v) is 5.02. The SMILES string of the molecule is Cc1nccc(CNC(=O)c2[nH]ncc2N)n1. The first-order chi connectivity index (χ1) is 8.16. The van der Waals surface area contributed by atoms with Gasteiger partial charge in [0.1, 0.15) is 11.5 Å². The van der Waals surface area contributed by atoms with E-state index in [4.69, 9.17) is 5.73 Å². The summed E-state index contributed by atoms with van der Waals surface area (Å²) in [7, 11) is 0. The molecular weight excluding hydrogens is 220 g/mol. The minimum atomic E-state index is -0.309. The lowest BCUT2D eigenvalue weighted by Crippen LogP contribution is -2.24. The van der Waals surface area contributed by atoms with Crippen molar-refractivity contribution in [3.05, 3.63) is 35.7 Å². The zero-order valence-electron chi connectivity index (χ0n) is 9.27. The summed E-state index contributed by atoms with van der Waals surface area (Å²) in [5.74, 6) is 0.356. The number of nitrogens with zero attached hydrogens (tertiary/aromatic N) is 3. The fourth-order valence-corrected chi connectivity index (χ4v) is 1.34. The summed E-state index contributed by atoms with van der Waals surface area (Å²) in [5, 5.41) is 8.90. The number of H-pyrrole nitrogens is 1. The molecule has 0 aliphatic heterocycles. The van der Waals surface area contributed by atoms with Crippen LogP contribution in [0, 0.1) is 6.92 Å². The maximum absolute atomic E-state index is 11.7. The van der Waals surface area contributed by atoms with Gasteiger partial charge in [-0.3, -0.25) is 9.89 Å². The first-order valence-electron chi connectivity index (χ1n) is 5.02. The van der Waals surface area contributed by atoms with Gasteiger partial charge >= 0.3 is 0 Å². The molecule has 17 heavy (non-hydrogen) atoms. The number of hydrogen-bond donors (Lipinski definition) is 3. The topological polar surface area (TPSA) is 110 Å². The molecule has 0 aliphatic carbocycles. The fraction of sp³-hybridized carbons (Fsp3) is 0.200. The lowest BCUT2D eigenvalue weighted by Gasteiger charge is -2.04. The molecule has 0 aliphatic rings. The van der Waals surface area contributed by atoms with Crippen molar-refractivity contribution in [2.24, 2.45) is 0 Å². The zero-order valence-corrected chi connectivity index (χ0v) is 9.27. The third kappa shape index (κ3) is 2.57. The van der Waals surface area contributed by atoms with Crippen molar-refractivity contribution >= 4 is 11.6 Å². The van der Waals surface area contributed by atoms with Crippen molar-refractivity contribution in [2.75, 3.05) is 5.73 Å². The van der Waals surface area contributed by atoms with Crippen molar-refractivity contribution < 1.29 is 4.79 Å². The van der Waals surface area contributed by atoms with Gasteiger partial charge in [-0.05, 0) is 13.0 Å². The summed E-state index contributed by atoms with van der Waals surface area (Å²) in [6.45, 7) is 2.11.